The van der Waals surface area contributed by atoms with Gasteiger partial charge < -0.3 is 15.2 Å². The molecule has 0 bridgehead atoms. The van der Waals surface area contributed by atoms with Crippen LogP contribution in [0, 0.1) is 0 Å². The van der Waals surface area contributed by atoms with Crippen molar-refractivity contribution in [3.63, 3.8) is 0 Å². The maximum atomic E-state index is 11.2. The molecular weight excluding hydrogens is 272 g/mol. The third-order valence-electron chi connectivity index (χ3n) is 3.31. The lowest BCUT2D eigenvalue weighted by Gasteiger charge is -2.13. The monoisotopic (exact) mass is 288 g/mol. The van der Waals surface area contributed by atoms with Gasteiger partial charge in [-0.25, -0.2) is 9.50 Å². The zero-order valence-corrected chi connectivity index (χ0v) is 11.7. The van der Waals surface area contributed by atoms with Gasteiger partial charge in [0.2, 0.25) is 0 Å². The van der Waals surface area contributed by atoms with Gasteiger partial charge >= 0.3 is 5.97 Å². The standard InChI is InChI=1S/C14H16N4O3/c1-2-13(19)20-7-9-3-6-12(21-9)10-4-5-11-14(15)16-8-17-18(10)11/h4-6,8-9H,2-3,7H2,1H3,(H2,15,16,17). The Labute approximate surface area is 121 Å². The largest absolute Gasteiger partial charge is 0.485 e. The Kier molecular flexibility index (Phi) is 3.47. The van der Waals surface area contributed by atoms with Crippen LogP contribution in [0.3, 0.4) is 0 Å². The van der Waals surface area contributed by atoms with Crippen molar-refractivity contribution in [2.24, 2.45) is 0 Å². The van der Waals surface area contributed by atoms with E-state index in [1.165, 1.54) is 6.33 Å². The first-order chi connectivity index (χ1) is 10.2. The van der Waals surface area contributed by atoms with Crippen LogP contribution in [0.2, 0.25) is 0 Å². The van der Waals surface area contributed by atoms with Crippen molar-refractivity contribution in [2.45, 2.75) is 25.9 Å². The van der Waals surface area contributed by atoms with Crippen molar-refractivity contribution in [2.75, 3.05) is 12.3 Å². The van der Waals surface area contributed by atoms with Gasteiger partial charge in [-0.3, -0.25) is 4.79 Å². The minimum Gasteiger partial charge on any atom is -0.485 e. The van der Waals surface area contributed by atoms with E-state index in [9.17, 15) is 4.79 Å². The van der Waals surface area contributed by atoms with Crippen LogP contribution in [-0.2, 0) is 14.3 Å². The molecule has 7 nitrogen and oxygen atoms in total. The van der Waals surface area contributed by atoms with Crippen molar-refractivity contribution >= 4 is 23.1 Å². The van der Waals surface area contributed by atoms with E-state index in [1.54, 1.807) is 11.4 Å². The Hall–Kier alpha value is -2.57. The topological polar surface area (TPSA) is 91.7 Å². The van der Waals surface area contributed by atoms with Crippen molar-refractivity contribution < 1.29 is 14.3 Å². The normalized spacial score (nSPS) is 17.6. The first-order valence-corrected chi connectivity index (χ1v) is 6.80. The lowest BCUT2D eigenvalue weighted by atomic mass is 10.2. The van der Waals surface area contributed by atoms with Crippen molar-refractivity contribution in [3.8, 4) is 0 Å². The van der Waals surface area contributed by atoms with E-state index in [0.717, 1.165) is 11.2 Å². The highest BCUT2D eigenvalue weighted by Gasteiger charge is 2.23. The number of nitrogens with zero attached hydrogens (tertiary/aromatic N) is 3. The zero-order chi connectivity index (χ0) is 14.8. The van der Waals surface area contributed by atoms with Gasteiger partial charge in [-0.2, -0.15) is 5.10 Å². The Morgan fingerprint density at radius 3 is 3.24 bits per heavy atom. The second kappa shape index (κ2) is 5.43. The molecule has 7 heteroatoms. The molecule has 3 rings (SSSR count). The van der Waals surface area contributed by atoms with Crippen LogP contribution >= 0.6 is 0 Å². The van der Waals surface area contributed by atoms with Crippen molar-refractivity contribution in [1.29, 1.82) is 0 Å². The molecule has 21 heavy (non-hydrogen) atoms. The lowest BCUT2D eigenvalue weighted by Crippen LogP contribution is -2.18. The van der Waals surface area contributed by atoms with Gasteiger partial charge in [0, 0.05) is 12.8 Å². The molecule has 110 valence electrons. The predicted octanol–water partition coefficient (Wildman–Crippen LogP) is 1.39. The fraction of sp³-hybridized carbons (Fsp3) is 0.357. The third-order valence-corrected chi connectivity index (χ3v) is 3.31. The van der Waals surface area contributed by atoms with Crippen LogP contribution in [-0.4, -0.2) is 33.3 Å². The maximum absolute atomic E-state index is 11.2. The van der Waals surface area contributed by atoms with E-state index >= 15 is 0 Å². The Morgan fingerprint density at radius 2 is 2.43 bits per heavy atom. The second-order valence-corrected chi connectivity index (χ2v) is 4.74. The van der Waals surface area contributed by atoms with Crippen molar-refractivity contribution in [3.05, 3.63) is 30.2 Å². The summed E-state index contributed by atoms with van der Waals surface area (Å²) in [7, 11) is 0. The van der Waals surface area contributed by atoms with Gasteiger partial charge in [0.15, 0.2) is 5.82 Å². The number of aromatic nitrogens is 3. The highest BCUT2D eigenvalue weighted by Crippen LogP contribution is 2.28. The van der Waals surface area contributed by atoms with Gasteiger partial charge in [0.1, 0.15) is 36.0 Å². The van der Waals surface area contributed by atoms with Crippen molar-refractivity contribution in [1.82, 2.24) is 14.6 Å². The Balaban J connectivity index is 1.73. The number of fused-ring (bicyclic) bond motifs is 1. The molecule has 0 saturated carbocycles. The summed E-state index contributed by atoms with van der Waals surface area (Å²) in [6.45, 7) is 2.02. The molecule has 2 aromatic rings. The highest BCUT2D eigenvalue weighted by atomic mass is 16.6. The third kappa shape index (κ3) is 2.54. The van der Waals surface area contributed by atoms with E-state index in [0.29, 0.717) is 24.4 Å². The van der Waals surface area contributed by atoms with Crippen LogP contribution in [0.5, 0.6) is 0 Å². The van der Waals surface area contributed by atoms with Gasteiger partial charge in [-0.05, 0) is 18.2 Å². The maximum Gasteiger partial charge on any atom is 0.305 e. The molecule has 0 amide bonds. The molecule has 0 aliphatic carbocycles. The smallest absolute Gasteiger partial charge is 0.305 e. The molecule has 1 aliphatic rings. The summed E-state index contributed by atoms with van der Waals surface area (Å²) < 4.78 is 12.6. The van der Waals surface area contributed by atoms with E-state index in [2.05, 4.69) is 10.1 Å². The summed E-state index contributed by atoms with van der Waals surface area (Å²) in [4.78, 5) is 15.1. The summed E-state index contributed by atoms with van der Waals surface area (Å²) in [6, 6.07) is 3.73. The zero-order valence-electron chi connectivity index (χ0n) is 11.7. The van der Waals surface area contributed by atoms with Crippen LogP contribution in [0.4, 0.5) is 5.82 Å². The number of ether oxygens (including phenoxy) is 2. The SMILES string of the molecule is CCC(=O)OCC1CC=C(c2ccc3c(N)ncnn23)O1. The lowest BCUT2D eigenvalue weighted by molar-refractivity contribution is -0.145. The van der Waals surface area contributed by atoms with Gasteiger partial charge in [-0.15, -0.1) is 0 Å². The van der Waals surface area contributed by atoms with E-state index in [1.807, 2.05) is 18.2 Å². The fourth-order valence-electron chi connectivity index (χ4n) is 2.21. The van der Waals surface area contributed by atoms with Gasteiger partial charge in [-0.1, -0.05) is 6.92 Å². The molecular formula is C14H16N4O3. The minimum absolute atomic E-state index is 0.153. The number of nitrogen functional groups attached to an aromatic ring is 1. The first-order valence-electron chi connectivity index (χ1n) is 6.80. The molecule has 3 heterocycles. The van der Waals surface area contributed by atoms with Crippen LogP contribution in [0.15, 0.2) is 24.5 Å². The average Bonchev–Trinajstić information content (AvgIpc) is 3.11. The molecule has 0 aromatic carbocycles. The van der Waals surface area contributed by atoms with Gasteiger partial charge in [0.05, 0.1) is 0 Å². The predicted molar refractivity (Wildman–Crippen MR) is 76.1 cm³/mol. The Morgan fingerprint density at radius 1 is 1.57 bits per heavy atom. The molecule has 0 spiro atoms. The molecule has 2 N–H and O–H groups in total. The summed E-state index contributed by atoms with van der Waals surface area (Å²) in [6.07, 6.45) is 4.28. The van der Waals surface area contributed by atoms with Gasteiger partial charge in [0.25, 0.3) is 0 Å². The van der Waals surface area contributed by atoms with E-state index in [4.69, 9.17) is 15.2 Å². The molecule has 0 fully saturated rings. The second-order valence-electron chi connectivity index (χ2n) is 4.74. The number of rotatable bonds is 4. The Bertz CT molecular complexity index is 707. The number of hydrogen-bond donors (Lipinski definition) is 1. The van der Waals surface area contributed by atoms with E-state index < -0.39 is 0 Å². The molecule has 1 aliphatic heterocycles. The molecule has 1 unspecified atom stereocenters. The van der Waals surface area contributed by atoms with Crippen LogP contribution in [0.1, 0.15) is 25.5 Å². The van der Waals surface area contributed by atoms with E-state index in [-0.39, 0.29) is 18.7 Å². The molecule has 0 radical (unpaired) electrons. The number of carbonyl (C=O) groups is 1. The number of anilines is 1. The minimum atomic E-state index is -0.222. The number of carbonyl (C=O) groups excluding carboxylic acids is 1. The number of hydrogen-bond acceptors (Lipinski definition) is 6. The summed E-state index contributed by atoms with van der Waals surface area (Å²) >= 11 is 0. The number of esters is 1. The summed E-state index contributed by atoms with van der Waals surface area (Å²) in [5.41, 5.74) is 7.34. The molecule has 2 aromatic heterocycles. The summed E-state index contributed by atoms with van der Waals surface area (Å²) in [5.74, 6) is 0.912. The molecule has 1 atom stereocenters. The quantitative estimate of drug-likeness (QED) is 0.855. The fourth-order valence-corrected chi connectivity index (χ4v) is 2.21. The summed E-state index contributed by atoms with van der Waals surface area (Å²) in [5, 5.41) is 4.18. The average molecular weight is 288 g/mol. The molecule has 0 saturated heterocycles. The van der Waals surface area contributed by atoms with Crippen LogP contribution in [0.25, 0.3) is 11.3 Å². The number of nitrogens with two attached hydrogens (primary N) is 1. The highest BCUT2D eigenvalue weighted by molar-refractivity contribution is 5.71. The van der Waals surface area contributed by atoms with Crippen LogP contribution < -0.4 is 5.73 Å². The first kappa shape index (κ1) is 13.4.